The molecule has 2 aromatic carbocycles. The van der Waals surface area contributed by atoms with E-state index in [4.69, 9.17) is 0 Å². The van der Waals surface area contributed by atoms with E-state index in [2.05, 4.69) is 15.3 Å². The largest absolute Gasteiger partial charge is 0.345 e. The van der Waals surface area contributed by atoms with E-state index >= 15 is 0 Å². The number of benzene rings is 2. The van der Waals surface area contributed by atoms with E-state index in [1.807, 2.05) is 24.3 Å². The number of para-hydroxylation sites is 2. The van der Waals surface area contributed by atoms with Gasteiger partial charge in [0.05, 0.1) is 28.0 Å². The van der Waals surface area contributed by atoms with E-state index in [0.717, 1.165) is 17.3 Å². The molecule has 0 saturated carbocycles. The van der Waals surface area contributed by atoms with E-state index in [1.54, 1.807) is 12.1 Å². The average Bonchev–Trinajstić information content (AvgIpc) is 2.94. The molecule has 2 N–H and O–H groups in total. The second kappa shape index (κ2) is 5.85. The third-order valence-electron chi connectivity index (χ3n) is 3.39. The Morgan fingerprint density at radius 2 is 1.83 bits per heavy atom. The van der Waals surface area contributed by atoms with Crippen LogP contribution in [0.5, 0.6) is 0 Å². The molecule has 6 nitrogen and oxygen atoms in total. The Morgan fingerprint density at radius 1 is 1.13 bits per heavy atom. The van der Waals surface area contributed by atoms with Crippen LogP contribution in [-0.2, 0) is 16.4 Å². The molecule has 0 aliphatic heterocycles. The predicted molar refractivity (Wildman–Crippen MR) is 86.8 cm³/mol. The molecule has 0 bridgehead atoms. The molecule has 3 rings (SSSR count). The molecule has 0 aliphatic carbocycles. The topological polar surface area (TPSA) is 91.9 Å². The Kier molecular flexibility index (Phi) is 3.87. The molecule has 7 heteroatoms. The summed E-state index contributed by atoms with van der Waals surface area (Å²) >= 11 is 0. The Morgan fingerprint density at radius 3 is 2.57 bits per heavy atom. The van der Waals surface area contributed by atoms with Crippen LogP contribution in [0.25, 0.3) is 11.0 Å². The van der Waals surface area contributed by atoms with Gasteiger partial charge in [-0.3, -0.25) is 4.79 Å². The fourth-order valence-corrected chi connectivity index (χ4v) is 3.21. The molecule has 118 valence electrons. The number of carbonyl (C=O) groups excluding carboxylic acids is 1. The zero-order valence-corrected chi connectivity index (χ0v) is 13.2. The number of carbonyl (C=O) groups is 1. The van der Waals surface area contributed by atoms with Crippen LogP contribution in [0.15, 0.2) is 53.4 Å². The molecule has 0 atom stereocenters. The summed E-state index contributed by atoms with van der Waals surface area (Å²) in [5, 5.41) is 2.69. The molecule has 23 heavy (non-hydrogen) atoms. The molecule has 0 saturated heterocycles. The van der Waals surface area contributed by atoms with Crippen molar-refractivity contribution < 1.29 is 13.2 Å². The maximum Gasteiger partial charge on any atom is 0.252 e. The molecule has 0 aliphatic rings. The molecule has 0 radical (unpaired) electrons. The zero-order valence-electron chi connectivity index (χ0n) is 12.4. The highest BCUT2D eigenvalue weighted by Crippen LogP contribution is 2.15. The smallest absolute Gasteiger partial charge is 0.252 e. The Hall–Kier alpha value is -2.67. The lowest BCUT2D eigenvalue weighted by Crippen LogP contribution is -2.25. The van der Waals surface area contributed by atoms with E-state index in [-0.39, 0.29) is 17.0 Å². The highest BCUT2D eigenvalue weighted by molar-refractivity contribution is 7.90. The minimum Gasteiger partial charge on any atom is -0.345 e. The number of H-pyrrole nitrogens is 1. The number of imidazole rings is 1. The summed E-state index contributed by atoms with van der Waals surface area (Å²) in [4.78, 5) is 19.8. The molecule has 0 fully saturated rings. The third-order valence-corrected chi connectivity index (χ3v) is 4.54. The first-order valence-corrected chi connectivity index (χ1v) is 8.85. The number of nitrogens with one attached hydrogen (secondary N) is 2. The summed E-state index contributed by atoms with van der Waals surface area (Å²) in [5.74, 6) is 0.155. The maximum atomic E-state index is 12.3. The first kappa shape index (κ1) is 15.2. The van der Waals surface area contributed by atoms with Crippen molar-refractivity contribution in [1.29, 1.82) is 0 Å². The maximum absolute atomic E-state index is 12.3. The standard InChI is InChI=1S/C16H15N3O3S/c1-23(21,22)14-9-5-2-6-11(14)16(20)17-10-15-18-12-7-3-4-8-13(12)19-15/h2-9H,10H2,1H3,(H,17,20)(H,18,19). The fraction of sp³-hybridized carbons (Fsp3) is 0.125. The molecule has 1 heterocycles. The number of aromatic amines is 1. The average molecular weight is 329 g/mol. The third kappa shape index (κ3) is 3.24. The summed E-state index contributed by atoms with van der Waals surface area (Å²) in [7, 11) is -3.47. The van der Waals surface area contributed by atoms with E-state index < -0.39 is 15.7 Å². The summed E-state index contributed by atoms with van der Waals surface area (Å²) in [6, 6.07) is 13.7. The fourth-order valence-electron chi connectivity index (χ4n) is 2.33. The van der Waals surface area contributed by atoms with Crippen molar-refractivity contribution in [3.05, 3.63) is 59.9 Å². The van der Waals surface area contributed by atoms with Gasteiger partial charge in [-0.1, -0.05) is 24.3 Å². The van der Waals surface area contributed by atoms with Gasteiger partial charge in [0.1, 0.15) is 5.82 Å². The van der Waals surface area contributed by atoms with Crippen molar-refractivity contribution in [3.8, 4) is 0 Å². The van der Waals surface area contributed by atoms with Gasteiger partial charge in [0.2, 0.25) is 0 Å². The number of fused-ring (bicyclic) bond motifs is 1. The lowest BCUT2D eigenvalue weighted by Gasteiger charge is -2.07. The molecule has 3 aromatic rings. The number of sulfone groups is 1. The Balaban J connectivity index is 1.80. The van der Waals surface area contributed by atoms with Gasteiger partial charge in [-0.05, 0) is 24.3 Å². The highest BCUT2D eigenvalue weighted by atomic mass is 32.2. The minimum atomic E-state index is -3.47. The van der Waals surface area contributed by atoms with Gasteiger partial charge < -0.3 is 10.3 Å². The SMILES string of the molecule is CS(=O)(=O)c1ccccc1C(=O)NCc1nc2ccccc2[nH]1. The summed E-state index contributed by atoms with van der Waals surface area (Å²) < 4.78 is 23.5. The lowest BCUT2D eigenvalue weighted by atomic mass is 10.2. The van der Waals surface area contributed by atoms with E-state index in [9.17, 15) is 13.2 Å². The van der Waals surface area contributed by atoms with Crippen molar-refractivity contribution in [1.82, 2.24) is 15.3 Å². The predicted octanol–water partition coefficient (Wildman–Crippen LogP) is 1.90. The second-order valence-corrected chi connectivity index (χ2v) is 7.14. The summed E-state index contributed by atoms with van der Waals surface area (Å²) in [6.07, 6.45) is 1.08. The van der Waals surface area contributed by atoms with Crippen LogP contribution in [0, 0.1) is 0 Å². The molecule has 1 aromatic heterocycles. The second-order valence-electron chi connectivity index (χ2n) is 5.15. The number of hydrogen-bond acceptors (Lipinski definition) is 4. The summed E-state index contributed by atoms with van der Waals surface area (Å²) in [5.41, 5.74) is 1.83. The van der Waals surface area contributed by atoms with Crippen LogP contribution >= 0.6 is 0 Å². The first-order valence-electron chi connectivity index (χ1n) is 6.96. The summed E-state index contributed by atoms with van der Waals surface area (Å²) in [6.45, 7) is 0.186. The van der Waals surface area contributed by atoms with Crippen molar-refractivity contribution in [2.45, 2.75) is 11.4 Å². The van der Waals surface area contributed by atoms with Gasteiger partial charge in [-0.25, -0.2) is 13.4 Å². The number of nitrogens with zero attached hydrogens (tertiary/aromatic N) is 1. The quantitative estimate of drug-likeness (QED) is 0.764. The first-order chi connectivity index (χ1) is 10.9. The van der Waals surface area contributed by atoms with Gasteiger partial charge in [0.15, 0.2) is 9.84 Å². The number of amides is 1. The Bertz CT molecular complexity index is 944. The van der Waals surface area contributed by atoms with Crippen LogP contribution in [0.2, 0.25) is 0 Å². The van der Waals surface area contributed by atoms with Gasteiger partial charge in [-0.15, -0.1) is 0 Å². The number of hydrogen-bond donors (Lipinski definition) is 2. The van der Waals surface area contributed by atoms with Crippen molar-refractivity contribution in [2.75, 3.05) is 6.26 Å². The van der Waals surface area contributed by atoms with Crippen molar-refractivity contribution in [3.63, 3.8) is 0 Å². The molecule has 1 amide bonds. The molecule has 0 unspecified atom stereocenters. The monoisotopic (exact) mass is 329 g/mol. The van der Waals surface area contributed by atoms with Crippen LogP contribution in [0.1, 0.15) is 16.2 Å². The number of aromatic nitrogens is 2. The normalized spacial score (nSPS) is 11.5. The van der Waals surface area contributed by atoms with E-state index in [1.165, 1.54) is 12.1 Å². The van der Waals surface area contributed by atoms with Crippen LogP contribution in [-0.4, -0.2) is 30.5 Å². The molecular formula is C16H15N3O3S. The molecule has 0 spiro atoms. The van der Waals surface area contributed by atoms with Crippen LogP contribution in [0.4, 0.5) is 0 Å². The molecular weight excluding hydrogens is 314 g/mol. The van der Waals surface area contributed by atoms with Crippen LogP contribution < -0.4 is 5.32 Å². The van der Waals surface area contributed by atoms with Gasteiger partial charge in [-0.2, -0.15) is 0 Å². The lowest BCUT2D eigenvalue weighted by molar-refractivity contribution is 0.0946. The van der Waals surface area contributed by atoms with Crippen molar-refractivity contribution in [2.24, 2.45) is 0 Å². The highest BCUT2D eigenvalue weighted by Gasteiger charge is 2.18. The number of rotatable bonds is 4. The van der Waals surface area contributed by atoms with Gasteiger partial charge >= 0.3 is 0 Å². The Labute approximate surface area is 133 Å². The van der Waals surface area contributed by atoms with Gasteiger partial charge in [0.25, 0.3) is 5.91 Å². The van der Waals surface area contributed by atoms with Gasteiger partial charge in [0, 0.05) is 6.26 Å². The zero-order chi connectivity index (χ0) is 16.4. The minimum absolute atomic E-state index is 0.0158. The van der Waals surface area contributed by atoms with Crippen molar-refractivity contribution >= 4 is 26.8 Å². The van der Waals surface area contributed by atoms with E-state index in [0.29, 0.717) is 5.82 Å². The van der Waals surface area contributed by atoms with Crippen LogP contribution in [0.3, 0.4) is 0 Å².